The zero-order chi connectivity index (χ0) is 12.1. The van der Waals surface area contributed by atoms with Crippen molar-refractivity contribution < 1.29 is 0 Å². The standard InChI is InChI=1S/C15H23NS/c1-12-7-5-6-8-13(12)11-17-15-10-4-2-3-9-14(15)16/h5-8,14-15H,2-4,9-11,16H2,1H3. The van der Waals surface area contributed by atoms with Crippen LogP contribution in [0, 0.1) is 6.92 Å². The molecule has 94 valence electrons. The lowest BCUT2D eigenvalue weighted by Gasteiger charge is -2.21. The maximum absolute atomic E-state index is 6.26. The van der Waals surface area contributed by atoms with Gasteiger partial charge in [-0.3, -0.25) is 0 Å². The van der Waals surface area contributed by atoms with E-state index < -0.39 is 0 Å². The van der Waals surface area contributed by atoms with E-state index in [0.717, 1.165) is 5.75 Å². The van der Waals surface area contributed by atoms with Gasteiger partial charge in [0.15, 0.2) is 0 Å². The van der Waals surface area contributed by atoms with Gasteiger partial charge in [-0.1, -0.05) is 43.5 Å². The van der Waals surface area contributed by atoms with E-state index in [2.05, 4.69) is 43.0 Å². The first-order valence-corrected chi connectivity index (χ1v) is 7.74. The van der Waals surface area contributed by atoms with Crippen LogP contribution in [0.1, 0.15) is 43.2 Å². The Kier molecular flexibility index (Phi) is 4.93. The van der Waals surface area contributed by atoms with Crippen molar-refractivity contribution in [2.24, 2.45) is 5.73 Å². The highest BCUT2D eigenvalue weighted by atomic mass is 32.2. The van der Waals surface area contributed by atoms with Gasteiger partial charge in [-0.2, -0.15) is 11.8 Å². The normalized spacial score (nSPS) is 25.5. The van der Waals surface area contributed by atoms with Gasteiger partial charge in [0.1, 0.15) is 0 Å². The summed E-state index contributed by atoms with van der Waals surface area (Å²) < 4.78 is 0. The number of benzene rings is 1. The predicted octanol–water partition coefficient (Wildman–Crippen LogP) is 3.89. The molecule has 1 fully saturated rings. The van der Waals surface area contributed by atoms with Gasteiger partial charge in [-0.15, -0.1) is 0 Å². The van der Waals surface area contributed by atoms with Crippen LogP contribution in [-0.2, 0) is 5.75 Å². The highest BCUT2D eigenvalue weighted by Gasteiger charge is 2.20. The summed E-state index contributed by atoms with van der Waals surface area (Å²) >= 11 is 2.06. The van der Waals surface area contributed by atoms with E-state index in [9.17, 15) is 0 Å². The summed E-state index contributed by atoms with van der Waals surface area (Å²) in [5.41, 5.74) is 9.13. The minimum Gasteiger partial charge on any atom is -0.327 e. The Morgan fingerprint density at radius 3 is 2.76 bits per heavy atom. The molecular formula is C15H23NS. The number of rotatable bonds is 3. The maximum Gasteiger partial charge on any atom is 0.0202 e. The summed E-state index contributed by atoms with van der Waals surface area (Å²) in [5.74, 6) is 1.12. The molecule has 1 saturated carbocycles. The smallest absolute Gasteiger partial charge is 0.0202 e. The topological polar surface area (TPSA) is 26.0 Å². The molecule has 0 amide bonds. The summed E-state index contributed by atoms with van der Waals surface area (Å²) in [4.78, 5) is 0. The SMILES string of the molecule is Cc1ccccc1CSC1CCCCCC1N. The number of hydrogen-bond donors (Lipinski definition) is 1. The largest absolute Gasteiger partial charge is 0.327 e. The Hall–Kier alpha value is -0.470. The molecule has 0 heterocycles. The third kappa shape index (κ3) is 3.75. The molecule has 2 atom stereocenters. The molecule has 1 nitrogen and oxygen atoms in total. The van der Waals surface area contributed by atoms with E-state index in [1.807, 2.05) is 0 Å². The minimum absolute atomic E-state index is 0.409. The van der Waals surface area contributed by atoms with Gasteiger partial charge in [0, 0.05) is 17.0 Å². The molecule has 17 heavy (non-hydrogen) atoms. The summed E-state index contributed by atoms with van der Waals surface area (Å²) in [5, 5.41) is 0.664. The van der Waals surface area contributed by atoms with E-state index in [0.29, 0.717) is 11.3 Å². The van der Waals surface area contributed by atoms with Crippen molar-refractivity contribution in [1.82, 2.24) is 0 Å². The molecule has 2 unspecified atom stereocenters. The van der Waals surface area contributed by atoms with Crippen LogP contribution < -0.4 is 5.73 Å². The zero-order valence-electron chi connectivity index (χ0n) is 10.7. The van der Waals surface area contributed by atoms with Crippen molar-refractivity contribution in [3.63, 3.8) is 0 Å². The lowest BCUT2D eigenvalue weighted by atomic mass is 10.1. The van der Waals surface area contributed by atoms with Crippen LogP contribution in [0.5, 0.6) is 0 Å². The van der Waals surface area contributed by atoms with E-state index in [1.165, 1.54) is 43.2 Å². The Bertz CT molecular complexity index is 351. The van der Waals surface area contributed by atoms with Crippen LogP contribution in [0.2, 0.25) is 0 Å². The second kappa shape index (κ2) is 6.46. The van der Waals surface area contributed by atoms with Crippen LogP contribution >= 0.6 is 11.8 Å². The monoisotopic (exact) mass is 249 g/mol. The molecule has 2 N–H and O–H groups in total. The fourth-order valence-electron chi connectivity index (χ4n) is 2.48. The van der Waals surface area contributed by atoms with E-state index in [4.69, 9.17) is 5.73 Å². The molecular weight excluding hydrogens is 226 g/mol. The molecule has 0 saturated heterocycles. The van der Waals surface area contributed by atoms with Crippen LogP contribution in [0.25, 0.3) is 0 Å². The number of thioether (sulfide) groups is 1. The van der Waals surface area contributed by atoms with E-state index in [-0.39, 0.29) is 0 Å². The van der Waals surface area contributed by atoms with Gasteiger partial charge >= 0.3 is 0 Å². The second-order valence-electron chi connectivity index (χ2n) is 5.08. The maximum atomic E-state index is 6.26. The Morgan fingerprint density at radius 1 is 1.18 bits per heavy atom. The second-order valence-corrected chi connectivity index (χ2v) is 6.31. The molecule has 0 aliphatic heterocycles. The Balaban J connectivity index is 1.90. The minimum atomic E-state index is 0.409. The number of hydrogen-bond acceptors (Lipinski definition) is 2. The molecule has 1 aliphatic rings. The highest BCUT2D eigenvalue weighted by molar-refractivity contribution is 7.99. The molecule has 0 aromatic heterocycles. The fraction of sp³-hybridized carbons (Fsp3) is 0.600. The number of aryl methyl sites for hydroxylation is 1. The quantitative estimate of drug-likeness (QED) is 0.823. The summed E-state index contributed by atoms with van der Waals surface area (Å²) in [6.07, 6.45) is 6.57. The van der Waals surface area contributed by atoms with Crippen molar-refractivity contribution in [3.05, 3.63) is 35.4 Å². The molecule has 1 aromatic carbocycles. The van der Waals surface area contributed by atoms with Gasteiger partial charge < -0.3 is 5.73 Å². The first-order chi connectivity index (χ1) is 8.27. The van der Waals surface area contributed by atoms with Crippen LogP contribution in [0.15, 0.2) is 24.3 Å². The van der Waals surface area contributed by atoms with Crippen LogP contribution in [-0.4, -0.2) is 11.3 Å². The molecule has 0 radical (unpaired) electrons. The van der Waals surface area contributed by atoms with Crippen molar-refractivity contribution in [1.29, 1.82) is 0 Å². The van der Waals surface area contributed by atoms with Gasteiger partial charge in [0.05, 0.1) is 0 Å². The molecule has 1 aromatic rings. The first-order valence-electron chi connectivity index (χ1n) is 6.69. The third-order valence-corrected chi connectivity index (χ3v) is 5.21. The first kappa shape index (κ1) is 13.0. The third-order valence-electron chi connectivity index (χ3n) is 3.72. The predicted molar refractivity (Wildman–Crippen MR) is 77.3 cm³/mol. The average molecular weight is 249 g/mol. The van der Waals surface area contributed by atoms with Crippen molar-refractivity contribution in [2.75, 3.05) is 0 Å². The van der Waals surface area contributed by atoms with E-state index in [1.54, 1.807) is 0 Å². The Labute approximate surface area is 109 Å². The molecule has 2 heteroatoms. The molecule has 1 aliphatic carbocycles. The summed E-state index contributed by atoms with van der Waals surface area (Å²) in [6, 6.07) is 9.09. The summed E-state index contributed by atoms with van der Waals surface area (Å²) in [7, 11) is 0. The average Bonchev–Trinajstić information content (AvgIpc) is 2.53. The summed E-state index contributed by atoms with van der Waals surface area (Å²) in [6.45, 7) is 2.20. The Morgan fingerprint density at radius 2 is 1.94 bits per heavy atom. The zero-order valence-corrected chi connectivity index (χ0v) is 11.5. The fourth-order valence-corrected chi connectivity index (χ4v) is 3.91. The number of nitrogens with two attached hydrogens (primary N) is 1. The molecule has 2 rings (SSSR count). The van der Waals surface area contributed by atoms with Crippen molar-refractivity contribution in [3.8, 4) is 0 Å². The van der Waals surface area contributed by atoms with E-state index >= 15 is 0 Å². The molecule has 0 spiro atoms. The van der Waals surface area contributed by atoms with Gasteiger partial charge in [0.2, 0.25) is 0 Å². The lowest BCUT2D eigenvalue weighted by Crippen LogP contribution is -2.31. The lowest BCUT2D eigenvalue weighted by molar-refractivity contribution is 0.596. The van der Waals surface area contributed by atoms with Crippen LogP contribution in [0.4, 0.5) is 0 Å². The van der Waals surface area contributed by atoms with Gasteiger partial charge in [-0.05, 0) is 30.9 Å². The van der Waals surface area contributed by atoms with Crippen LogP contribution in [0.3, 0.4) is 0 Å². The van der Waals surface area contributed by atoms with Crippen molar-refractivity contribution in [2.45, 2.75) is 56.1 Å². The highest BCUT2D eigenvalue weighted by Crippen LogP contribution is 2.29. The van der Waals surface area contributed by atoms with Gasteiger partial charge in [-0.25, -0.2) is 0 Å². The van der Waals surface area contributed by atoms with Crippen molar-refractivity contribution >= 4 is 11.8 Å². The molecule has 0 bridgehead atoms. The van der Waals surface area contributed by atoms with Gasteiger partial charge in [0.25, 0.3) is 0 Å².